The molecule has 10 nitrogen and oxygen atoms in total. The van der Waals surface area contributed by atoms with Gasteiger partial charge in [-0.2, -0.15) is 0 Å². The molecule has 2 N–H and O–H groups in total. The van der Waals surface area contributed by atoms with E-state index in [0.29, 0.717) is 5.69 Å². The fraction of sp³-hybridized carbons (Fsp3) is 0.120. The molecule has 194 valence electrons. The monoisotopic (exact) mass is 538 g/mol. The summed E-state index contributed by atoms with van der Waals surface area (Å²) < 4.78 is 28.9. The first-order chi connectivity index (χ1) is 18.2. The number of nitro benzene ring substituents is 1. The Hall–Kier alpha value is -4.65. The number of carbonyl (C=O) groups excluding carboxylic acids is 2. The second-order valence-electron chi connectivity index (χ2n) is 7.92. The molecule has 0 aliphatic rings. The van der Waals surface area contributed by atoms with Crippen LogP contribution in [0.3, 0.4) is 0 Å². The molecule has 0 aliphatic heterocycles. The number of rotatable bonds is 9. The number of halogens is 2. The second kappa shape index (κ2) is 11.6. The van der Waals surface area contributed by atoms with Crippen molar-refractivity contribution in [3.63, 3.8) is 0 Å². The van der Waals surface area contributed by atoms with Gasteiger partial charge in [0, 0.05) is 22.9 Å². The number of benzene rings is 3. The zero-order chi connectivity index (χ0) is 27.2. The lowest BCUT2D eigenvalue weighted by Crippen LogP contribution is -2.25. The van der Waals surface area contributed by atoms with Crippen LogP contribution in [0.4, 0.5) is 20.2 Å². The third-order valence-corrected chi connectivity index (χ3v) is 6.35. The van der Waals surface area contributed by atoms with Crippen LogP contribution < -0.4 is 10.6 Å². The molecule has 0 unspecified atom stereocenters. The Morgan fingerprint density at radius 3 is 2.47 bits per heavy atom. The second-order valence-corrected chi connectivity index (χ2v) is 8.86. The van der Waals surface area contributed by atoms with Crippen molar-refractivity contribution in [1.82, 2.24) is 20.1 Å². The zero-order valence-corrected chi connectivity index (χ0v) is 20.7. The third kappa shape index (κ3) is 6.00. The highest BCUT2D eigenvalue weighted by molar-refractivity contribution is 7.99. The van der Waals surface area contributed by atoms with Crippen molar-refractivity contribution >= 4 is 35.0 Å². The fourth-order valence-corrected chi connectivity index (χ4v) is 4.33. The summed E-state index contributed by atoms with van der Waals surface area (Å²) in [4.78, 5) is 35.8. The quantitative estimate of drug-likeness (QED) is 0.183. The van der Waals surface area contributed by atoms with Crippen molar-refractivity contribution in [3.8, 4) is 5.69 Å². The van der Waals surface area contributed by atoms with Gasteiger partial charge in [-0.25, -0.2) is 8.78 Å². The number of thioether (sulfide) groups is 1. The van der Waals surface area contributed by atoms with Gasteiger partial charge in [0.05, 0.1) is 22.9 Å². The maximum absolute atomic E-state index is 13.8. The van der Waals surface area contributed by atoms with E-state index in [0.717, 1.165) is 11.8 Å². The lowest BCUT2D eigenvalue weighted by atomic mass is 10.1. The number of hydrogen-bond donors (Lipinski definition) is 2. The van der Waals surface area contributed by atoms with Crippen molar-refractivity contribution in [2.24, 2.45) is 0 Å². The Morgan fingerprint density at radius 1 is 1.03 bits per heavy atom. The van der Waals surface area contributed by atoms with E-state index in [1.54, 1.807) is 10.6 Å². The first kappa shape index (κ1) is 26.4. The highest BCUT2D eigenvalue weighted by atomic mass is 32.2. The molecule has 0 aliphatic carbocycles. The maximum Gasteiger partial charge on any atom is 0.273 e. The Kier molecular flexibility index (Phi) is 8.06. The molecule has 1 heterocycles. The Balaban J connectivity index is 1.53. The summed E-state index contributed by atoms with van der Waals surface area (Å²) in [5.41, 5.74) is 0.681. The Morgan fingerprint density at radius 2 is 1.76 bits per heavy atom. The number of amides is 2. The minimum atomic E-state index is -0.572. The molecule has 2 amide bonds. The largest absolute Gasteiger partial charge is 0.345 e. The number of aromatic nitrogens is 3. The van der Waals surface area contributed by atoms with Gasteiger partial charge in [-0.1, -0.05) is 30.0 Å². The first-order valence-electron chi connectivity index (χ1n) is 11.1. The third-order valence-electron chi connectivity index (χ3n) is 5.42. The maximum atomic E-state index is 13.8. The van der Waals surface area contributed by atoms with Crippen molar-refractivity contribution in [1.29, 1.82) is 0 Å². The minimum absolute atomic E-state index is 0.0398. The summed E-state index contributed by atoms with van der Waals surface area (Å²) in [6.45, 7) is 1.36. The molecule has 1 aromatic heterocycles. The lowest BCUT2D eigenvalue weighted by Gasteiger charge is -2.12. The molecular weight excluding hydrogens is 518 g/mol. The van der Waals surface area contributed by atoms with Crippen LogP contribution in [0.15, 0.2) is 71.9 Å². The summed E-state index contributed by atoms with van der Waals surface area (Å²) in [6.07, 6.45) is 0. The molecule has 0 bridgehead atoms. The predicted molar refractivity (Wildman–Crippen MR) is 136 cm³/mol. The van der Waals surface area contributed by atoms with E-state index in [9.17, 15) is 28.5 Å². The van der Waals surface area contributed by atoms with E-state index < -0.39 is 28.4 Å². The topological polar surface area (TPSA) is 132 Å². The first-order valence-corrected chi connectivity index (χ1v) is 12.1. The fourth-order valence-electron chi connectivity index (χ4n) is 3.56. The van der Waals surface area contributed by atoms with Crippen LogP contribution in [-0.4, -0.2) is 37.3 Å². The molecule has 4 rings (SSSR count). The average Bonchev–Trinajstić information content (AvgIpc) is 3.30. The van der Waals surface area contributed by atoms with E-state index in [1.807, 2.05) is 0 Å². The average molecular weight is 539 g/mol. The van der Waals surface area contributed by atoms with Crippen LogP contribution in [0.5, 0.6) is 0 Å². The number of nitrogens with one attached hydrogen (secondary N) is 2. The molecule has 0 saturated heterocycles. The van der Waals surface area contributed by atoms with E-state index >= 15 is 0 Å². The van der Waals surface area contributed by atoms with E-state index in [4.69, 9.17) is 0 Å². The number of nitrogens with zero attached hydrogens (tertiary/aromatic N) is 4. The van der Waals surface area contributed by atoms with Crippen molar-refractivity contribution in [3.05, 3.63) is 105 Å². The van der Waals surface area contributed by atoms with Gasteiger partial charge in [-0.3, -0.25) is 24.3 Å². The number of anilines is 1. The van der Waals surface area contributed by atoms with Gasteiger partial charge >= 0.3 is 0 Å². The number of carbonyl (C=O) groups is 2. The van der Waals surface area contributed by atoms with Gasteiger partial charge in [-0.05, 0) is 49.4 Å². The molecule has 4 aromatic rings. The van der Waals surface area contributed by atoms with Gasteiger partial charge < -0.3 is 10.6 Å². The highest BCUT2D eigenvalue weighted by Crippen LogP contribution is 2.24. The SMILES string of the molecule is Cc1c(C(=O)NCc2nnc(SCC(=O)Nc3ccccc3F)n2-c2ccc(F)cc2)cccc1[N+](=O)[O-]. The predicted octanol–water partition coefficient (Wildman–Crippen LogP) is 4.42. The Labute approximate surface area is 219 Å². The molecule has 0 spiro atoms. The summed E-state index contributed by atoms with van der Waals surface area (Å²) in [5, 5.41) is 24.9. The van der Waals surface area contributed by atoms with Crippen LogP contribution in [0.1, 0.15) is 21.7 Å². The molecule has 0 radical (unpaired) electrons. The van der Waals surface area contributed by atoms with E-state index in [1.165, 1.54) is 67.6 Å². The number of para-hydroxylation sites is 1. The van der Waals surface area contributed by atoms with Gasteiger partial charge in [0.2, 0.25) is 5.91 Å². The van der Waals surface area contributed by atoms with Gasteiger partial charge in [-0.15, -0.1) is 10.2 Å². The van der Waals surface area contributed by atoms with Gasteiger partial charge in [0.1, 0.15) is 11.6 Å². The molecule has 13 heteroatoms. The molecule has 0 saturated carbocycles. The summed E-state index contributed by atoms with van der Waals surface area (Å²) in [6, 6.07) is 15.4. The standard InChI is InChI=1S/C25H20F2N6O4S/c1-15-18(5-4-8-21(15)33(36)37)24(35)28-13-22-30-31-25(32(22)17-11-9-16(26)10-12-17)38-14-23(34)29-20-7-3-2-6-19(20)27/h2-12H,13-14H2,1H3,(H,28,35)(H,29,34). The molecule has 3 aromatic carbocycles. The summed E-state index contributed by atoms with van der Waals surface area (Å²) in [5.74, 6) is -1.94. The molecule has 38 heavy (non-hydrogen) atoms. The highest BCUT2D eigenvalue weighted by Gasteiger charge is 2.20. The van der Waals surface area contributed by atoms with E-state index in [2.05, 4.69) is 20.8 Å². The van der Waals surface area contributed by atoms with Crippen LogP contribution in [0, 0.1) is 28.7 Å². The van der Waals surface area contributed by atoms with Crippen LogP contribution in [0.2, 0.25) is 0 Å². The normalized spacial score (nSPS) is 10.7. The number of nitro groups is 1. The molecular formula is C25H20F2N6O4S. The van der Waals surface area contributed by atoms with Gasteiger partial charge in [0.15, 0.2) is 11.0 Å². The lowest BCUT2D eigenvalue weighted by molar-refractivity contribution is -0.385. The summed E-state index contributed by atoms with van der Waals surface area (Å²) >= 11 is 1.01. The van der Waals surface area contributed by atoms with Crippen molar-refractivity contribution < 1.29 is 23.3 Å². The zero-order valence-electron chi connectivity index (χ0n) is 19.9. The van der Waals surface area contributed by atoms with Crippen LogP contribution in [-0.2, 0) is 11.3 Å². The number of hydrogen-bond acceptors (Lipinski definition) is 7. The van der Waals surface area contributed by atoms with Gasteiger partial charge in [0.25, 0.3) is 11.6 Å². The summed E-state index contributed by atoms with van der Waals surface area (Å²) in [7, 11) is 0. The minimum Gasteiger partial charge on any atom is -0.345 e. The van der Waals surface area contributed by atoms with E-state index in [-0.39, 0.29) is 45.8 Å². The van der Waals surface area contributed by atoms with Crippen LogP contribution in [0.25, 0.3) is 5.69 Å². The van der Waals surface area contributed by atoms with Crippen LogP contribution >= 0.6 is 11.8 Å². The molecule has 0 fully saturated rings. The molecule has 0 atom stereocenters. The van der Waals surface area contributed by atoms with Crippen molar-refractivity contribution in [2.75, 3.05) is 11.1 Å². The Bertz CT molecular complexity index is 1510. The smallest absolute Gasteiger partial charge is 0.273 e. The van der Waals surface area contributed by atoms with Crippen molar-refractivity contribution in [2.45, 2.75) is 18.6 Å².